The molecule has 2 N–H and O–H groups in total. The van der Waals surface area contributed by atoms with Crippen molar-refractivity contribution in [3.05, 3.63) is 63.6 Å². The molecule has 0 bridgehead atoms. The molecule has 2 heterocycles. The third-order valence-electron chi connectivity index (χ3n) is 4.69. The van der Waals surface area contributed by atoms with Crippen LogP contribution in [0.3, 0.4) is 0 Å². The van der Waals surface area contributed by atoms with Crippen LogP contribution in [-0.2, 0) is 16.4 Å². The van der Waals surface area contributed by atoms with E-state index in [2.05, 4.69) is 15.6 Å². The molecule has 1 fully saturated rings. The van der Waals surface area contributed by atoms with Crippen molar-refractivity contribution in [2.24, 2.45) is 4.99 Å². The molecule has 2 aliphatic rings. The summed E-state index contributed by atoms with van der Waals surface area (Å²) in [6.07, 6.45) is 0. The van der Waals surface area contributed by atoms with Gasteiger partial charge >= 0.3 is 0 Å². The maximum absolute atomic E-state index is 12.5. The van der Waals surface area contributed by atoms with Crippen LogP contribution >= 0.6 is 35.0 Å². The molecule has 0 saturated carbocycles. The number of hydrogen-bond donors (Lipinski definition) is 2. The number of aliphatic imine (C=N–C) groups is 1. The molecule has 10 heteroatoms. The number of halogens is 2. The molecule has 0 unspecified atom stereocenters. The van der Waals surface area contributed by atoms with Crippen LogP contribution in [-0.4, -0.2) is 42.3 Å². The molecule has 0 aromatic heterocycles. The molecule has 1 saturated heterocycles. The molecule has 2 aromatic carbocycles. The van der Waals surface area contributed by atoms with Crippen molar-refractivity contribution in [2.45, 2.75) is 17.8 Å². The molecule has 4 rings (SSSR count). The summed E-state index contributed by atoms with van der Waals surface area (Å²) in [6, 6.07) is 12.0. The van der Waals surface area contributed by atoms with E-state index in [1.807, 2.05) is 18.2 Å². The van der Waals surface area contributed by atoms with Crippen LogP contribution in [0.2, 0.25) is 10.0 Å². The molecular formula is C19H17Cl2N3O3S2. The molecule has 152 valence electrons. The van der Waals surface area contributed by atoms with Gasteiger partial charge in [0, 0.05) is 22.4 Å². The highest BCUT2D eigenvalue weighted by atomic mass is 35.5. The summed E-state index contributed by atoms with van der Waals surface area (Å²) in [7, 11) is -3.00. The van der Waals surface area contributed by atoms with Crippen LogP contribution < -0.4 is 10.6 Å². The highest BCUT2D eigenvalue weighted by Gasteiger charge is 2.42. The molecular weight excluding hydrogens is 453 g/mol. The normalized spacial score (nSPS) is 22.1. The number of carbonyl (C=O) groups is 1. The van der Waals surface area contributed by atoms with Gasteiger partial charge in [-0.05, 0) is 29.8 Å². The van der Waals surface area contributed by atoms with Gasteiger partial charge in [0.25, 0.3) is 5.91 Å². The summed E-state index contributed by atoms with van der Waals surface area (Å²) in [5.41, 5.74) is 1.81. The number of rotatable bonds is 4. The molecule has 0 aliphatic carbocycles. The minimum absolute atomic E-state index is 0.0663. The number of nitrogens with zero attached hydrogens (tertiary/aromatic N) is 1. The van der Waals surface area contributed by atoms with Gasteiger partial charge in [0.05, 0.1) is 28.3 Å². The predicted octanol–water partition coefficient (Wildman–Crippen LogP) is 3.60. The van der Waals surface area contributed by atoms with Crippen molar-refractivity contribution in [3.8, 4) is 0 Å². The highest BCUT2D eigenvalue weighted by molar-refractivity contribution is 8.15. The lowest BCUT2D eigenvalue weighted by Gasteiger charge is -2.11. The van der Waals surface area contributed by atoms with Gasteiger partial charge in [0.1, 0.15) is 0 Å². The first kappa shape index (κ1) is 20.5. The summed E-state index contributed by atoms with van der Waals surface area (Å²) in [6.45, 7) is 0.310. The largest absolute Gasteiger partial charge is 0.348 e. The molecule has 29 heavy (non-hydrogen) atoms. The quantitative estimate of drug-likeness (QED) is 0.713. The maximum Gasteiger partial charge on any atom is 0.251 e. The van der Waals surface area contributed by atoms with Gasteiger partial charge in [-0.3, -0.25) is 9.79 Å². The Kier molecular flexibility index (Phi) is 5.79. The first-order chi connectivity index (χ1) is 13.8. The molecule has 2 aliphatic heterocycles. The number of anilines is 1. The molecule has 1 amide bonds. The Labute approximate surface area is 183 Å². The molecule has 2 aromatic rings. The van der Waals surface area contributed by atoms with Crippen LogP contribution in [0.1, 0.15) is 15.9 Å². The summed E-state index contributed by atoms with van der Waals surface area (Å²) >= 11 is 13.8. The van der Waals surface area contributed by atoms with Gasteiger partial charge in [0.15, 0.2) is 15.0 Å². The Balaban J connectivity index is 1.44. The van der Waals surface area contributed by atoms with Gasteiger partial charge in [-0.1, -0.05) is 53.2 Å². The van der Waals surface area contributed by atoms with Crippen molar-refractivity contribution in [2.75, 3.05) is 16.8 Å². The van der Waals surface area contributed by atoms with Gasteiger partial charge in [-0.15, -0.1) is 0 Å². The monoisotopic (exact) mass is 469 g/mol. The maximum atomic E-state index is 12.5. The van der Waals surface area contributed by atoms with E-state index in [9.17, 15) is 13.2 Å². The summed E-state index contributed by atoms with van der Waals surface area (Å²) in [4.78, 5) is 17.0. The van der Waals surface area contributed by atoms with Crippen LogP contribution in [0.5, 0.6) is 0 Å². The topological polar surface area (TPSA) is 87.6 Å². The fraction of sp³-hybridized carbons (Fsp3) is 0.263. The highest BCUT2D eigenvalue weighted by Crippen LogP contribution is 2.35. The van der Waals surface area contributed by atoms with Crippen molar-refractivity contribution in [3.63, 3.8) is 0 Å². The van der Waals surface area contributed by atoms with Crippen molar-refractivity contribution in [1.82, 2.24) is 5.32 Å². The molecule has 6 nitrogen and oxygen atoms in total. The Bertz CT molecular complexity index is 1110. The number of carbonyl (C=O) groups excluding carboxylic acids is 1. The Hall–Kier alpha value is -1.74. The van der Waals surface area contributed by atoms with Crippen LogP contribution in [0.4, 0.5) is 5.69 Å². The van der Waals surface area contributed by atoms with Crippen LogP contribution in [0.25, 0.3) is 0 Å². The second-order valence-corrected chi connectivity index (χ2v) is 11.0. The third kappa shape index (κ3) is 4.71. The first-order valence-electron chi connectivity index (χ1n) is 8.84. The van der Waals surface area contributed by atoms with E-state index >= 15 is 0 Å². The summed E-state index contributed by atoms with van der Waals surface area (Å²) in [5, 5.41) is 7.56. The number of sulfone groups is 1. The number of nitrogens with one attached hydrogen (secondary N) is 2. The van der Waals surface area contributed by atoms with E-state index in [-0.39, 0.29) is 28.7 Å². The van der Waals surface area contributed by atoms with Crippen LogP contribution in [0, 0.1) is 0 Å². The predicted molar refractivity (Wildman–Crippen MR) is 119 cm³/mol. The lowest BCUT2D eigenvalue weighted by Crippen LogP contribution is -2.23. The van der Waals surface area contributed by atoms with Crippen molar-refractivity contribution in [1.29, 1.82) is 0 Å². The number of amidine groups is 1. The lowest BCUT2D eigenvalue weighted by molar-refractivity contribution is 0.0951. The zero-order valence-electron chi connectivity index (χ0n) is 15.1. The minimum atomic E-state index is -3.00. The lowest BCUT2D eigenvalue weighted by atomic mass is 10.1. The van der Waals surface area contributed by atoms with Crippen molar-refractivity contribution < 1.29 is 13.2 Å². The second-order valence-electron chi connectivity index (χ2n) is 6.83. The van der Waals surface area contributed by atoms with Gasteiger partial charge in [0.2, 0.25) is 0 Å². The van der Waals surface area contributed by atoms with Crippen molar-refractivity contribution >= 4 is 61.6 Å². The van der Waals surface area contributed by atoms with E-state index in [4.69, 9.17) is 23.2 Å². The van der Waals surface area contributed by atoms with E-state index in [0.717, 1.165) is 5.56 Å². The summed E-state index contributed by atoms with van der Waals surface area (Å²) in [5.74, 6) is -0.0443. The average Bonchev–Trinajstić information content (AvgIpc) is 3.15. The number of benzene rings is 2. The van der Waals surface area contributed by atoms with E-state index in [1.54, 1.807) is 24.3 Å². The molecule has 0 radical (unpaired) electrons. The number of hydrogen-bond acceptors (Lipinski definition) is 6. The second kappa shape index (κ2) is 8.18. The van der Waals surface area contributed by atoms with E-state index in [1.165, 1.54) is 11.8 Å². The van der Waals surface area contributed by atoms with E-state index < -0.39 is 9.84 Å². The number of thioether (sulfide) groups is 1. The first-order valence-corrected chi connectivity index (χ1v) is 12.3. The fourth-order valence-electron chi connectivity index (χ4n) is 3.21. The average molecular weight is 470 g/mol. The molecule has 2 atom stereocenters. The Morgan fingerprint density at radius 2 is 1.93 bits per heavy atom. The minimum Gasteiger partial charge on any atom is -0.348 e. The van der Waals surface area contributed by atoms with E-state index in [0.29, 0.717) is 33.0 Å². The number of amides is 1. The standard InChI is InChI=1S/C19H17Cl2N3O3S2/c20-13-4-2-1-3-12(13)8-22-18(25)11-5-6-14(21)15(7-11)23-19-24-16-9-29(26,27)10-17(16)28-19/h1-7,16-17H,8-10H2,(H,22,25)(H,23,24)/t16-,17-/m0/s1. The number of fused-ring (bicyclic) bond motifs is 1. The third-order valence-corrected chi connectivity index (χ3v) is 8.53. The Morgan fingerprint density at radius 3 is 2.69 bits per heavy atom. The SMILES string of the molecule is O=C(NCc1ccccc1Cl)c1ccc(Cl)c(NC2=N[C@H]3CS(=O)(=O)C[C@@H]3S2)c1. The summed E-state index contributed by atoms with van der Waals surface area (Å²) < 4.78 is 23.4. The van der Waals surface area contributed by atoms with Gasteiger partial charge in [-0.2, -0.15) is 0 Å². The fourth-order valence-corrected chi connectivity index (χ4v) is 7.25. The zero-order valence-corrected chi connectivity index (χ0v) is 18.2. The smallest absolute Gasteiger partial charge is 0.251 e. The Morgan fingerprint density at radius 1 is 1.14 bits per heavy atom. The van der Waals surface area contributed by atoms with Gasteiger partial charge < -0.3 is 10.6 Å². The van der Waals surface area contributed by atoms with Crippen LogP contribution in [0.15, 0.2) is 47.5 Å². The zero-order chi connectivity index (χ0) is 20.6. The van der Waals surface area contributed by atoms with Gasteiger partial charge in [-0.25, -0.2) is 8.42 Å². The molecule has 0 spiro atoms.